The van der Waals surface area contributed by atoms with Gasteiger partial charge in [-0.1, -0.05) is 72.8 Å². The summed E-state index contributed by atoms with van der Waals surface area (Å²) in [4.78, 5) is 17.2. The molecule has 1 aliphatic heterocycles. The summed E-state index contributed by atoms with van der Waals surface area (Å²) in [6.45, 7) is 3.38. The van der Waals surface area contributed by atoms with Gasteiger partial charge in [0.15, 0.2) is 0 Å². The van der Waals surface area contributed by atoms with Crippen LogP contribution in [0.2, 0.25) is 0 Å². The van der Waals surface area contributed by atoms with Crippen LogP contribution in [0.3, 0.4) is 0 Å². The standard InChI is InChI=1S/C27H30FN3O3S/c28-24-14-7-8-15-26(24)35(33,34)29-25(20-22-10-3-1-4-11-22)27(32)31-17-9-16-30(18-19-31)21-23-12-5-2-6-13-23/h1-8,10-15,25,29H,9,16-21H2. The van der Waals surface area contributed by atoms with Crippen molar-refractivity contribution < 1.29 is 17.6 Å². The third kappa shape index (κ3) is 6.75. The number of rotatable bonds is 8. The number of nitrogens with one attached hydrogen (secondary N) is 1. The van der Waals surface area contributed by atoms with E-state index in [0.717, 1.165) is 31.1 Å². The fourth-order valence-electron chi connectivity index (χ4n) is 4.35. The zero-order valence-electron chi connectivity index (χ0n) is 19.5. The molecule has 1 amide bonds. The minimum atomic E-state index is -4.24. The molecule has 1 saturated heterocycles. The second kappa shape index (κ2) is 11.6. The first-order valence-electron chi connectivity index (χ1n) is 11.8. The molecule has 0 radical (unpaired) electrons. The topological polar surface area (TPSA) is 69.7 Å². The second-order valence-electron chi connectivity index (χ2n) is 8.73. The maximum absolute atomic E-state index is 14.3. The number of amides is 1. The first-order valence-corrected chi connectivity index (χ1v) is 13.3. The molecule has 0 saturated carbocycles. The predicted octanol–water partition coefficient (Wildman–Crippen LogP) is 3.45. The molecule has 3 aromatic carbocycles. The van der Waals surface area contributed by atoms with E-state index >= 15 is 0 Å². The zero-order chi connectivity index (χ0) is 24.7. The van der Waals surface area contributed by atoms with Gasteiger partial charge in [0, 0.05) is 32.7 Å². The van der Waals surface area contributed by atoms with Crippen LogP contribution in [-0.2, 0) is 27.8 Å². The van der Waals surface area contributed by atoms with Gasteiger partial charge in [-0.25, -0.2) is 12.8 Å². The third-order valence-electron chi connectivity index (χ3n) is 6.15. The molecule has 3 aromatic rings. The van der Waals surface area contributed by atoms with Crippen molar-refractivity contribution in [3.63, 3.8) is 0 Å². The highest BCUT2D eigenvalue weighted by atomic mass is 32.2. The van der Waals surface area contributed by atoms with E-state index in [1.807, 2.05) is 48.5 Å². The van der Waals surface area contributed by atoms with E-state index in [4.69, 9.17) is 0 Å². The van der Waals surface area contributed by atoms with Gasteiger partial charge < -0.3 is 4.90 Å². The molecule has 1 fully saturated rings. The molecule has 4 rings (SSSR count). The van der Waals surface area contributed by atoms with Crippen molar-refractivity contribution >= 4 is 15.9 Å². The van der Waals surface area contributed by atoms with Crippen LogP contribution in [0.25, 0.3) is 0 Å². The minimum absolute atomic E-state index is 0.178. The Bertz CT molecular complexity index is 1220. The Balaban J connectivity index is 1.50. The largest absolute Gasteiger partial charge is 0.340 e. The first-order chi connectivity index (χ1) is 16.9. The van der Waals surface area contributed by atoms with Crippen LogP contribution in [-0.4, -0.2) is 56.3 Å². The van der Waals surface area contributed by atoms with Crippen molar-refractivity contribution in [1.82, 2.24) is 14.5 Å². The molecule has 1 aliphatic rings. The van der Waals surface area contributed by atoms with E-state index in [0.29, 0.717) is 19.6 Å². The molecule has 35 heavy (non-hydrogen) atoms. The molecule has 1 unspecified atom stereocenters. The Kier molecular flexibility index (Phi) is 8.28. The molecule has 1 atom stereocenters. The average Bonchev–Trinajstić information content (AvgIpc) is 3.10. The fraction of sp³-hybridized carbons (Fsp3) is 0.296. The van der Waals surface area contributed by atoms with Gasteiger partial charge in [0.25, 0.3) is 0 Å². The van der Waals surface area contributed by atoms with Crippen molar-refractivity contribution in [1.29, 1.82) is 0 Å². The van der Waals surface area contributed by atoms with Crippen LogP contribution in [0.5, 0.6) is 0 Å². The Morgan fingerprint density at radius 3 is 2.14 bits per heavy atom. The second-order valence-corrected chi connectivity index (χ2v) is 10.4. The zero-order valence-corrected chi connectivity index (χ0v) is 20.3. The Labute approximate surface area is 206 Å². The highest BCUT2D eigenvalue weighted by Crippen LogP contribution is 2.17. The van der Waals surface area contributed by atoms with Gasteiger partial charge in [-0.05, 0) is 36.1 Å². The Morgan fingerprint density at radius 2 is 1.46 bits per heavy atom. The monoisotopic (exact) mass is 495 g/mol. The number of halogens is 1. The highest BCUT2D eigenvalue weighted by molar-refractivity contribution is 7.89. The summed E-state index contributed by atoms with van der Waals surface area (Å²) in [7, 11) is -4.24. The van der Waals surface area contributed by atoms with E-state index in [9.17, 15) is 17.6 Å². The lowest BCUT2D eigenvalue weighted by atomic mass is 10.1. The average molecular weight is 496 g/mol. The van der Waals surface area contributed by atoms with Crippen LogP contribution in [0.1, 0.15) is 17.5 Å². The normalized spacial score (nSPS) is 16.0. The van der Waals surface area contributed by atoms with Crippen molar-refractivity contribution in [2.45, 2.75) is 30.3 Å². The van der Waals surface area contributed by atoms with Crippen LogP contribution in [0, 0.1) is 5.82 Å². The van der Waals surface area contributed by atoms with Gasteiger partial charge >= 0.3 is 0 Å². The van der Waals surface area contributed by atoms with Gasteiger partial charge in [0.1, 0.15) is 16.8 Å². The van der Waals surface area contributed by atoms with Gasteiger partial charge in [0.2, 0.25) is 15.9 Å². The quantitative estimate of drug-likeness (QED) is 0.520. The Morgan fingerprint density at radius 1 is 0.829 bits per heavy atom. The molecular weight excluding hydrogens is 465 g/mol. The van der Waals surface area contributed by atoms with Crippen LogP contribution < -0.4 is 4.72 Å². The van der Waals surface area contributed by atoms with E-state index in [2.05, 4.69) is 21.8 Å². The highest BCUT2D eigenvalue weighted by Gasteiger charge is 2.31. The number of sulfonamides is 1. The molecule has 1 heterocycles. The number of carbonyl (C=O) groups excluding carboxylic acids is 1. The van der Waals surface area contributed by atoms with E-state index in [1.165, 1.54) is 23.8 Å². The molecule has 1 N–H and O–H groups in total. The van der Waals surface area contributed by atoms with Crippen molar-refractivity contribution in [2.75, 3.05) is 26.2 Å². The van der Waals surface area contributed by atoms with Gasteiger partial charge in [0.05, 0.1) is 0 Å². The fourth-order valence-corrected chi connectivity index (χ4v) is 5.62. The lowest BCUT2D eigenvalue weighted by Gasteiger charge is -2.27. The van der Waals surface area contributed by atoms with E-state index < -0.39 is 26.8 Å². The van der Waals surface area contributed by atoms with Crippen molar-refractivity contribution in [2.24, 2.45) is 0 Å². The lowest BCUT2D eigenvalue weighted by Crippen LogP contribution is -2.50. The van der Waals surface area contributed by atoms with Gasteiger partial charge in [-0.2, -0.15) is 4.72 Å². The SMILES string of the molecule is O=C(C(Cc1ccccc1)NS(=O)(=O)c1ccccc1F)N1CCCN(Cc2ccccc2)CC1. The van der Waals surface area contributed by atoms with E-state index in [-0.39, 0.29) is 12.3 Å². The number of hydrogen-bond donors (Lipinski definition) is 1. The lowest BCUT2D eigenvalue weighted by molar-refractivity contribution is -0.132. The number of hydrogen-bond acceptors (Lipinski definition) is 4. The third-order valence-corrected chi connectivity index (χ3v) is 7.66. The minimum Gasteiger partial charge on any atom is -0.340 e. The van der Waals surface area contributed by atoms with Gasteiger partial charge in [-0.3, -0.25) is 9.69 Å². The van der Waals surface area contributed by atoms with Crippen molar-refractivity contribution in [3.05, 3.63) is 102 Å². The van der Waals surface area contributed by atoms with Crippen LogP contribution >= 0.6 is 0 Å². The van der Waals surface area contributed by atoms with Crippen LogP contribution in [0.15, 0.2) is 89.8 Å². The Hall–Kier alpha value is -3.07. The maximum Gasteiger partial charge on any atom is 0.244 e. The van der Waals surface area contributed by atoms with E-state index in [1.54, 1.807) is 4.90 Å². The maximum atomic E-state index is 14.3. The summed E-state index contributed by atoms with van der Waals surface area (Å²) in [5, 5.41) is 0. The summed E-state index contributed by atoms with van der Waals surface area (Å²) in [5.41, 5.74) is 2.04. The molecule has 6 nitrogen and oxygen atoms in total. The number of nitrogens with zero attached hydrogens (tertiary/aromatic N) is 2. The summed E-state index contributed by atoms with van der Waals surface area (Å²) in [5.74, 6) is -1.15. The molecule has 0 aliphatic carbocycles. The predicted molar refractivity (Wildman–Crippen MR) is 134 cm³/mol. The molecule has 184 valence electrons. The summed E-state index contributed by atoms with van der Waals surface area (Å²) < 4.78 is 42.8. The molecule has 0 bridgehead atoms. The number of carbonyl (C=O) groups is 1. The molecular formula is C27H30FN3O3S. The number of benzene rings is 3. The summed E-state index contributed by atoms with van der Waals surface area (Å²) in [6.07, 6.45) is 0.967. The molecule has 8 heteroatoms. The summed E-state index contributed by atoms with van der Waals surface area (Å²) in [6, 6.07) is 23.6. The summed E-state index contributed by atoms with van der Waals surface area (Å²) >= 11 is 0. The molecule has 0 spiro atoms. The first kappa shape index (κ1) is 25.0. The van der Waals surface area contributed by atoms with Gasteiger partial charge in [-0.15, -0.1) is 0 Å². The van der Waals surface area contributed by atoms with Crippen LogP contribution in [0.4, 0.5) is 4.39 Å². The smallest absolute Gasteiger partial charge is 0.244 e. The molecule has 0 aromatic heterocycles. The van der Waals surface area contributed by atoms with Crippen molar-refractivity contribution in [3.8, 4) is 0 Å².